The Hall–Kier alpha value is -2.71. The molecule has 2 aromatic rings. The number of ether oxygens (including phenoxy) is 2. The highest BCUT2D eigenvalue weighted by molar-refractivity contribution is 5.81. The fourth-order valence-corrected chi connectivity index (χ4v) is 4.41. The number of benzene rings is 1. The summed E-state index contributed by atoms with van der Waals surface area (Å²) in [4.78, 5) is 27.8. The van der Waals surface area contributed by atoms with Crippen molar-refractivity contribution >= 4 is 11.7 Å². The van der Waals surface area contributed by atoms with Crippen LogP contribution >= 0.6 is 0 Å². The van der Waals surface area contributed by atoms with Gasteiger partial charge in [-0.3, -0.25) is 4.79 Å². The van der Waals surface area contributed by atoms with E-state index in [2.05, 4.69) is 26.8 Å². The van der Waals surface area contributed by atoms with E-state index in [1.54, 1.807) is 12.0 Å². The van der Waals surface area contributed by atoms with Gasteiger partial charge in [0.05, 0.1) is 7.11 Å². The molecule has 160 valence electrons. The lowest BCUT2D eigenvalue weighted by Gasteiger charge is -2.43. The molecule has 4 rings (SSSR count). The first-order chi connectivity index (χ1) is 14.5. The molecule has 2 saturated heterocycles. The Bertz CT molecular complexity index is 880. The van der Waals surface area contributed by atoms with Crippen molar-refractivity contribution in [2.45, 2.75) is 24.7 Å². The maximum atomic E-state index is 13.1. The Morgan fingerprint density at radius 2 is 2.10 bits per heavy atom. The number of anilines is 1. The van der Waals surface area contributed by atoms with Gasteiger partial charge < -0.3 is 24.2 Å². The molecule has 8 heteroatoms. The van der Waals surface area contributed by atoms with Gasteiger partial charge in [0.2, 0.25) is 5.88 Å². The highest BCUT2D eigenvalue weighted by Gasteiger charge is 2.47. The number of morpholine rings is 1. The van der Waals surface area contributed by atoms with Crippen LogP contribution in [0.4, 0.5) is 5.82 Å². The minimum absolute atomic E-state index is 0.0203. The molecule has 1 amide bonds. The summed E-state index contributed by atoms with van der Waals surface area (Å²) < 4.78 is 11.7. The second-order valence-corrected chi connectivity index (χ2v) is 8.26. The van der Waals surface area contributed by atoms with Crippen LogP contribution in [0.25, 0.3) is 0 Å². The Balaban J connectivity index is 1.44. The van der Waals surface area contributed by atoms with E-state index in [1.807, 2.05) is 43.4 Å². The summed E-state index contributed by atoms with van der Waals surface area (Å²) in [5.74, 6) is 1.38. The minimum atomic E-state index is -0.475. The normalized spacial score (nSPS) is 24.2. The van der Waals surface area contributed by atoms with E-state index in [4.69, 9.17) is 9.47 Å². The van der Waals surface area contributed by atoms with Gasteiger partial charge in [0, 0.05) is 45.8 Å². The average Bonchev–Trinajstić information content (AvgIpc) is 3.16. The summed E-state index contributed by atoms with van der Waals surface area (Å²) in [5, 5.41) is 0. The maximum absolute atomic E-state index is 13.1. The van der Waals surface area contributed by atoms with Gasteiger partial charge in [-0.25, -0.2) is 9.97 Å². The lowest BCUT2D eigenvalue weighted by atomic mass is 9.99. The Labute approximate surface area is 177 Å². The van der Waals surface area contributed by atoms with Crippen molar-refractivity contribution in [3.8, 4) is 5.88 Å². The van der Waals surface area contributed by atoms with Crippen molar-refractivity contribution in [2.24, 2.45) is 0 Å². The van der Waals surface area contributed by atoms with Gasteiger partial charge in [0.15, 0.2) is 0 Å². The van der Waals surface area contributed by atoms with Crippen LogP contribution in [0, 0.1) is 0 Å². The van der Waals surface area contributed by atoms with Gasteiger partial charge in [0.25, 0.3) is 5.91 Å². The number of hydrogen-bond acceptors (Lipinski definition) is 7. The van der Waals surface area contributed by atoms with Crippen LogP contribution in [-0.2, 0) is 16.1 Å². The zero-order valence-corrected chi connectivity index (χ0v) is 17.8. The number of carbonyl (C=O) groups excluding carboxylic acids is 1. The van der Waals surface area contributed by atoms with Crippen LogP contribution in [0.3, 0.4) is 0 Å². The van der Waals surface area contributed by atoms with Crippen molar-refractivity contribution in [3.05, 3.63) is 48.3 Å². The third-order valence-electron chi connectivity index (χ3n) is 5.82. The molecule has 0 radical (unpaired) electrons. The molecule has 2 atom stereocenters. The van der Waals surface area contributed by atoms with E-state index >= 15 is 0 Å². The number of likely N-dealkylation sites (N-methyl/N-ethyl adjacent to an activating group) is 2. The maximum Gasteiger partial charge on any atom is 0.253 e. The Morgan fingerprint density at radius 3 is 2.87 bits per heavy atom. The number of amides is 1. The van der Waals surface area contributed by atoms with Crippen molar-refractivity contribution in [3.63, 3.8) is 0 Å². The van der Waals surface area contributed by atoms with Gasteiger partial charge in [-0.2, -0.15) is 0 Å². The number of carbonyl (C=O) groups is 1. The number of hydrogen-bond donors (Lipinski definition) is 0. The van der Waals surface area contributed by atoms with Gasteiger partial charge in [-0.1, -0.05) is 30.3 Å². The molecule has 0 bridgehead atoms. The van der Waals surface area contributed by atoms with Crippen LogP contribution in [-0.4, -0.2) is 84.8 Å². The minimum Gasteiger partial charge on any atom is -0.481 e. The lowest BCUT2D eigenvalue weighted by molar-refractivity contribution is -0.172. The summed E-state index contributed by atoms with van der Waals surface area (Å²) in [6.45, 7) is 3.46. The second kappa shape index (κ2) is 8.57. The van der Waals surface area contributed by atoms with Crippen LogP contribution < -0.4 is 9.64 Å². The first-order valence-corrected chi connectivity index (χ1v) is 10.2. The molecule has 2 aliphatic rings. The highest BCUT2D eigenvalue weighted by atomic mass is 16.5. The van der Waals surface area contributed by atoms with Crippen molar-refractivity contribution in [2.75, 3.05) is 52.3 Å². The number of methoxy groups -OCH3 is 1. The molecule has 0 unspecified atom stereocenters. The van der Waals surface area contributed by atoms with E-state index in [0.717, 1.165) is 30.9 Å². The molecule has 1 spiro atoms. The topological polar surface area (TPSA) is 71.0 Å². The predicted molar refractivity (Wildman–Crippen MR) is 113 cm³/mol. The fraction of sp³-hybridized carbons (Fsp3) is 0.500. The quantitative estimate of drug-likeness (QED) is 0.737. The largest absolute Gasteiger partial charge is 0.481 e. The monoisotopic (exact) mass is 411 g/mol. The molecular weight excluding hydrogens is 382 g/mol. The highest BCUT2D eigenvalue weighted by Crippen LogP contribution is 2.34. The summed E-state index contributed by atoms with van der Waals surface area (Å²) in [5.41, 5.74) is 0.719. The first kappa shape index (κ1) is 20.6. The Morgan fingerprint density at radius 1 is 1.30 bits per heavy atom. The number of aromatic nitrogens is 2. The summed E-state index contributed by atoms with van der Waals surface area (Å²) in [7, 11) is 5.49. The number of rotatable bonds is 5. The molecule has 0 aliphatic carbocycles. The van der Waals surface area contributed by atoms with E-state index in [9.17, 15) is 4.79 Å². The van der Waals surface area contributed by atoms with Gasteiger partial charge in [-0.15, -0.1) is 0 Å². The van der Waals surface area contributed by atoms with E-state index < -0.39 is 6.10 Å². The smallest absolute Gasteiger partial charge is 0.253 e. The van der Waals surface area contributed by atoms with Crippen molar-refractivity contribution in [1.82, 2.24) is 19.8 Å². The van der Waals surface area contributed by atoms with Gasteiger partial charge >= 0.3 is 0 Å². The second-order valence-electron chi connectivity index (χ2n) is 8.26. The molecule has 0 N–H and O–H groups in total. The summed E-state index contributed by atoms with van der Waals surface area (Å²) in [6.07, 6.45) is 1.88. The molecule has 2 aliphatic heterocycles. The molecular formula is C22H29N5O3. The van der Waals surface area contributed by atoms with Crippen LogP contribution in [0.5, 0.6) is 5.88 Å². The van der Waals surface area contributed by atoms with Gasteiger partial charge in [0.1, 0.15) is 23.9 Å². The summed E-state index contributed by atoms with van der Waals surface area (Å²) >= 11 is 0. The summed E-state index contributed by atoms with van der Waals surface area (Å²) in [6, 6.07) is 11.9. The van der Waals surface area contributed by atoms with Crippen LogP contribution in [0.2, 0.25) is 0 Å². The molecule has 2 fully saturated rings. The third kappa shape index (κ3) is 4.39. The van der Waals surface area contributed by atoms with E-state index in [0.29, 0.717) is 25.5 Å². The average molecular weight is 412 g/mol. The molecule has 1 aromatic carbocycles. The zero-order valence-electron chi connectivity index (χ0n) is 17.8. The molecule has 1 aromatic heterocycles. The van der Waals surface area contributed by atoms with Crippen molar-refractivity contribution in [1.29, 1.82) is 0 Å². The fourth-order valence-electron chi connectivity index (χ4n) is 4.41. The SMILES string of the molecule is COc1cc(N2CC[C@@]3(CN(C)C[C@@H](C(=O)N(C)Cc4ccccc4)O3)C2)ncn1. The van der Waals surface area contributed by atoms with Gasteiger partial charge in [-0.05, 0) is 19.0 Å². The molecule has 8 nitrogen and oxygen atoms in total. The lowest BCUT2D eigenvalue weighted by Crippen LogP contribution is -2.59. The number of nitrogens with zero attached hydrogens (tertiary/aromatic N) is 5. The third-order valence-corrected chi connectivity index (χ3v) is 5.82. The first-order valence-electron chi connectivity index (χ1n) is 10.2. The predicted octanol–water partition coefficient (Wildman–Crippen LogP) is 1.42. The molecule has 3 heterocycles. The zero-order chi connectivity index (χ0) is 21.1. The van der Waals surface area contributed by atoms with Crippen LogP contribution in [0.1, 0.15) is 12.0 Å². The van der Waals surface area contributed by atoms with Crippen LogP contribution in [0.15, 0.2) is 42.7 Å². The van der Waals surface area contributed by atoms with E-state index in [-0.39, 0.29) is 11.5 Å². The standard InChI is InChI=1S/C22H29N5O3/c1-25-13-18(21(28)26(2)12-17-7-5-4-6-8-17)30-22(14-25)9-10-27(15-22)19-11-20(29-3)24-16-23-19/h4-8,11,16,18H,9-10,12-15H2,1-3H3/t18-,22+/m0/s1. The van der Waals surface area contributed by atoms with E-state index in [1.165, 1.54) is 6.33 Å². The molecule has 0 saturated carbocycles. The molecule has 30 heavy (non-hydrogen) atoms. The van der Waals surface area contributed by atoms with Crippen molar-refractivity contribution < 1.29 is 14.3 Å². The Kier molecular flexibility index (Phi) is 5.87.